The Morgan fingerprint density at radius 3 is 2.10 bits per heavy atom. The van der Waals surface area contributed by atoms with Gasteiger partial charge in [0.1, 0.15) is 11.6 Å². The second-order valence-electron chi connectivity index (χ2n) is 6.80. The minimum Gasteiger partial charge on any atom is -0.507 e. The van der Waals surface area contributed by atoms with Crippen LogP contribution in [0.2, 0.25) is 0 Å². The first-order chi connectivity index (χ1) is 14.1. The monoisotopic (exact) mass is 387 g/mol. The van der Waals surface area contributed by atoms with Gasteiger partial charge in [-0.25, -0.2) is 4.39 Å². The van der Waals surface area contributed by atoms with E-state index in [2.05, 4.69) is 0 Å². The molecule has 1 fully saturated rings. The number of aliphatic hydroxyl groups excluding tert-OH is 1. The van der Waals surface area contributed by atoms with E-state index in [1.54, 1.807) is 42.5 Å². The van der Waals surface area contributed by atoms with Gasteiger partial charge in [0.25, 0.3) is 11.7 Å². The fourth-order valence-electron chi connectivity index (χ4n) is 3.59. The SMILES string of the molecule is O=C1C(=O)N(Cc2ccccc2)C(c2ccccc2F)/C1=C(\O)c1ccccc1. The minimum absolute atomic E-state index is 0.109. The van der Waals surface area contributed by atoms with Crippen LogP contribution in [-0.2, 0) is 16.1 Å². The number of rotatable bonds is 4. The van der Waals surface area contributed by atoms with Crippen molar-refractivity contribution in [2.24, 2.45) is 0 Å². The number of benzene rings is 3. The lowest BCUT2D eigenvalue weighted by Crippen LogP contribution is -2.29. The maximum absolute atomic E-state index is 14.7. The third-order valence-corrected chi connectivity index (χ3v) is 4.98. The van der Waals surface area contributed by atoms with Gasteiger partial charge in [0.05, 0.1) is 11.6 Å². The largest absolute Gasteiger partial charge is 0.507 e. The van der Waals surface area contributed by atoms with Crippen molar-refractivity contribution < 1.29 is 19.1 Å². The average Bonchev–Trinajstić information content (AvgIpc) is 3.00. The van der Waals surface area contributed by atoms with E-state index in [1.165, 1.54) is 17.0 Å². The topological polar surface area (TPSA) is 57.6 Å². The summed E-state index contributed by atoms with van der Waals surface area (Å²) in [6.45, 7) is 0.121. The summed E-state index contributed by atoms with van der Waals surface area (Å²) in [6, 6.07) is 22.6. The Bertz CT molecular complexity index is 1090. The third-order valence-electron chi connectivity index (χ3n) is 4.98. The zero-order chi connectivity index (χ0) is 20.4. The van der Waals surface area contributed by atoms with Crippen LogP contribution >= 0.6 is 0 Å². The highest BCUT2D eigenvalue weighted by atomic mass is 19.1. The van der Waals surface area contributed by atoms with Gasteiger partial charge in [-0.1, -0.05) is 78.9 Å². The number of ketones is 1. The first-order valence-corrected chi connectivity index (χ1v) is 9.20. The van der Waals surface area contributed by atoms with Crippen molar-refractivity contribution in [1.29, 1.82) is 0 Å². The van der Waals surface area contributed by atoms with Crippen LogP contribution in [0, 0.1) is 5.82 Å². The molecule has 0 radical (unpaired) electrons. The van der Waals surface area contributed by atoms with Gasteiger partial charge in [-0.3, -0.25) is 9.59 Å². The molecule has 1 N–H and O–H groups in total. The summed E-state index contributed by atoms with van der Waals surface area (Å²) in [5.41, 5.74) is 1.25. The fraction of sp³-hybridized carbons (Fsp3) is 0.0833. The number of halogens is 1. The van der Waals surface area contributed by atoms with E-state index in [0.29, 0.717) is 5.56 Å². The molecule has 1 amide bonds. The summed E-state index contributed by atoms with van der Waals surface area (Å²) in [5.74, 6) is -2.45. The van der Waals surface area contributed by atoms with Crippen LogP contribution in [0.25, 0.3) is 5.76 Å². The van der Waals surface area contributed by atoms with Gasteiger partial charge in [-0.05, 0) is 11.6 Å². The predicted molar refractivity (Wildman–Crippen MR) is 107 cm³/mol. The number of Topliss-reactive ketones (excluding diaryl/α,β-unsaturated/α-hetero) is 1. The summed E-state index contributed by atoms with van der Waals surface area (Å²) in [6.07, 6.45) is 0. The number of carbonyl (C=O) groups excluding carboxylic acids is 2. The molecule has 29 heavy (non-hydrogen) atoms. The lowest BCUT2D eigenvalue weighted by molar-refractivity contribution is -0.140. The average molecular weight is 387 g/mol. The summed E-state index contributed by atoms with van der Waals surface area (Å²) < 4.78 is 14.7. The van der Waals surface area contributed by atoms with Crippen molar-refractivity contribution in [2.75, 3.05) is 0 Å². The van der Waals surface area contributed by atoms with E-state index in [-0.39, 0.29) is 23.4 Å². The van der Waals surface area contributed by atoms with Crippen LogP contribution in [0.5, 0.6) is 0 Å². The van der Waals surface area contributed by atoms with Gasteiger partial charge < -0.3 is 10.0 Å². The van der Waals surface area contributed by atoms with Crippen LogP contribution in [0.4, 0.5) is 4.39 Å². The highest BCUT2D eigenvalue weighted by Gasteiger charge is 2.46. The Kier molecular flexibility index (Phi) is 4.96. The molecule has 5 heteroatoms. The maximum Gasteiger partial charge on any atom is 0.295 e. The Hall–Kier alpha value is -3.73. The molecule has 0 aromatic heterocycles. The standard InChI is InChI=1S/C24H18FNO3/c25-19-14-8-7-13-18(19)21-20(22(27)17-11-5-2-6-12-17)23(28)24(29)26(21)15-16-9-3-1-4-10-16/h1-14,21,27H,15H2/b22-20+. The van der Waals surface area contributed by atoms with Crippen LogP contribution in [-0.4, -0.2) is 21.7 Å². The van der Waals surface area contributed by atoms with E-state index >= 15 is 0 Å². The van der Waals surface area contributed by atoms with Crippen molar-refractivity contribution in [3.63, 3.8) is 0 Å². The van der Waals surface area contributed by atoms with Crippen LogP contribution < -0.4 is 0 Å². The molecule has 1 aliphatic rings. The van der Waals surface area contributed by atoms with Gasteiger partial charge in [0.2, 0.25) is 0 Å². The molecule has 0 aliphatic carbocycles. The lowest BCUT2D eigenvalue weighted by atomic mass is 9.95. The van der Waals surface area contributed by atoms with Gasteiger partial charge in [-0.15, -0.1) is 0 Å². The number of aliphatic hydroxyl groups is 1. The van der Waals surface area contributed by atoms with Gasteiger partial charge >= 0.3 is 0 Å². The number of hydrogen-bond donors (Lipinski definition) is 1. The van der Waals surface area contributed by atoms with Crippen molar-refractivity contribution >= 4 is 17.4 Å². The van der Waals surface area contributed by atoms with Crippen LogP contribution in [0.15, 0.2) is 90.5 Å². The highest BCUT2D eigenvalue weighted by molar-refractivity contribution is 6.46. The smallest absolute Gasteiger partial charge is 0.295 e. The number of nitrogens with zero attached hydrogens (tertiary/aromatic N) is 1. The molecule has 0 spiro atoms. The molecule has 3 aromatic rings. The molecule has 4 nitrogen and oxygen atoms in total. The normalized spacial score (nSPS) is 18.2. The number of likely N-dealkylation sites (tertiary alicyclic amines) is 1. The Morgan fingerprint density at radius 1 is 0.862 bits per heavy atom. The summed E-state index contributed by atoms with van der Waals surface area (Å²) >= 11 is 0. The molecule has 1 unspecified atom stereocenters. The lowest BCUT2D eigenvalue weighted by Gasteiger charge is -2.25. The fourth-order valence-corrected chi connectivity index (χ4v) is 3.59. The molecule has 1 saturated heterocycles. The Labute approximate surface area is 167 Å². The van der Waals surface area contributed by atoms with Crippen molar-refractivity contribution in [3.8, 4) is 0 Å². The minimum atomic E-state index is -1.02. The number of hydrogen-bond acceptors (Lipinski definition) is 3. The number of carbonyl (C=O) groups is 2. The van der Waals surface area contributed by atoms with E-state index in [1.807, 2.05) is 30.3 Å². The quantitative estimate of drug-likeness (QED) is 0.409. The molecule has 1 heterocycles. The molecular weight excluding hydrogens is 369 g/mol. The first kappa shape index (κ1) is 18.6. The molecule has 1 atom stereocenters. The second-order valence-corrected chi connectivity index (χ2v) is 6.80. The maximum atomic E-state index is 14.7. The summed E-state index contributed by atoms with van der Waals surface area (Å²) in [7, 11) is 0. The molecule has 1 aliphatic heterocycles. The summed E-state index contributed by atoms with van der Waals surface area (Å²) in [5, 5.41) is 10.9. The van der Waals surface area contributed by atoms with Crippen molar-refractivity contribution in [3.05, 3.63) is 113 Å². The van der Waals surface area contributed by atoms with E-state index in [4.69, 9.17) is 0 Å². The molecule has 144 valence electrons. The van der Waals surface area contributed by atoms with E-state index < -0.39 is 23.5 Å². The first-order valence-electron chi connectivity index (χ1n) is 9.20. The van der Waals surface area contributed by atoms with Crippen LogP contribution in [0.3, 0.4) is 0 Å². The predicted octanol–water partition coefficient (Wildman–Crippen LogP) is 4.45. The van der Waals surface area contributed by atoms with Crippen molar-refractivity contribution in [2.45, 2.75) is 12.6 Å². The van der Waals surface area contributed by atoms with Crippen molar-refractivity contribution in [1.82, 2.24) is 4.90 Å². The number of amides is 1. The van der Waals surface area contributed by atoms with E-state index in [9.17, 15) is 19.1 Å². The van der Waals surface area contributed by atoms with Gasteiger partial charge in [-0.2, -0.15) is 0 Å². The zero-order valence-corrected chi connectivity index (χ0v) is 15.5. The molecule has 3 aromatic carbocycles. The Morgan fingerprint density at radius 2 is 1.45 bits per heavy atom. The Balaban J connectivity index is 1.89. The highest BCUT2D eigenvalue weighted by Crippen LogP contribution is 2.41. The summed E-state index contributed by atoms with van der Waals surface area (Å²) in [4.78, 5) is 27.1. The zero-order valence-electron chi connectivity index (χ0n) is 15.5. The molecule has 4 rings (SSSR count). The van der Waals surface area contributed by atoms with Gasteiger partial charge in [0, 0.05) is 17.7 Å². The second kappa shape index (κ2) is 7.72. The van der Waals surface area contributed by atoms with Crippen LogP contribution in [0.1, 0.15) is 22.7 Å². The molecule has 0 saturated carbocycles. The van der Waals surface area contributed by atoms with Gasteiger partial charge in [0.15, 0.2) is 0 Å². The molecule has 0 bridgehead atoms. The molecular formula is C24H18FNO3. The van der Waals surface area contributed by atoms with E-state index in [0.717, 1.165) is 5.56 Å². The third kappa shape index (κ3) is 3.43.